The summed E-state index contributed by atoms with van der Waals surface area (Å²) in [7, 11) is 0. The van der Waals surface area contributed by atoms with Gasteiger partial charge < -0.3 is 4.90 Å². The average molecular weight is 215 g/mol. The van der Waals surface area contributed by atoms with Crippen molar-refractivity contribution in [3.05, 3.63) is 23.9 Å². The van der Waals surface area contributed by atoms with Crippen LogP contribution in [0.1, 0.15) is 37.7 Å². The molecule has 0 radical (unpaired) electrons. The lowest BCUT2D eigenvalue weighted by atomic mass is 10.1. The third-order valence-corrected chi connectivity index (χ3v) is 3.06. The summed E-state index contributed by atoms with van der Waals surface area (Å²) in [6, 6.07) is 5.91. The van der Waals surface area contributed by atoms with E-state index in [9.17, 15) is 0 Å². The summed E-state index contributed by atoms with van der Waals surface area (Å²) in [6.45, 7) is 2.19. The van der Waals surface area contributed by atoms with Gasteiger partial charge in [-0.1, -0.05) is 19.3 Å². The lowest BCUT2D eigenvalue weighted by molar-refractivity contribution is 0.554. The van der Waals surface area contributed by atoms with Crippen LogP contribution in [0.15, 0.2) is 18.3 Å². The molecule has 0 amide bonds. The average Bonchev–Trinajstić information content (AvgIpc) is 2.29. The molecular weight excluding hydrogens is 198 g/mol. The highest BCUT2D eigenvalue weighted by molar-refractivity contribution is 5.41. The maximum atomic E-state index is 8.72. The molecule has 0 aromatic carbocycles. The Morgan fingerprint density at radius 3 is 2.31 bits per heavy atom. The first-order valence-electron chi connectivity index (χ1n) is 6.01. The minimum atomic E-state index is 0.635. The molecule has 1 aliphatic heterocycles. The summed E-state index contributed by atoms with van der Waals surface area (Å²) in [5, 5.41) is 8.72. The molecule has 0 bridgehead atoms. The van der Waals surface area contributed by atoms with Gasteiger partial charge in [0.15, 0.2) is 0 Å². The Morgan fingerprint density at radius 1 is 1.06 bits per heavy atom. The highest BCUT2D eigenvalue weighted by Crippen LogP contribution is 2.17. The SMILES string of the molecule is N#Cc1ccc(N2CCCCCCC2)nc1. The topological polar surface area (TPSA) is 39.9 Å². The zero-order valence-corrected chi connectivity index (χ0v) is 9.52. The molecule has 0 spiro atoms. The molecule has 0 atom stereocenters. The van der Waals surface area contributed by atoms with Crippen LogP contribution >= 0.6 is 0 Å². The number of rotatable bonds is 1. The summed E-state index contributed by atoms with van der Waals surface area (Å²) in [4.78, 5) is 6.68. The predicted octanol–water partition coefficient (Wildman–Crippen LogP) is 2.72. The number of nitriles is 1. The summed E-state index contributed by atoms with van der Waals surface area (Å²) in [5.74, 6) is 1.01. The molecule has 1 aromatic rings. The minimum Gasteiger partial charge on any atom is -0.357 e. The van der Waals surface area contributed by atoms with Crippen molar-refractivity contribution in [2.75, 3.05) is 18.0 Å². The molecule has 3 nitrogen and oxygen atoms in total. The number of hydrogen-bond donors (Lipinski definition) is 0. The lowest BCUT2D eigenvalue weighted by Gasteiger charge is -2.25. The lowest BCUT2D eigenvalue weighted by Crippen LogP contribution is -2.27. The highest BCUT2D eigenvalue weighted by Gasteiger charge is 2.09. The van der Waals surface area contributed by atoms with Crippen LogP contribution in [0, 0.1) is 11.3 Å². The van der Waals surface area contributed by atoms with Crippen LogP contribution in [-0.4, -0.2) is 18.1 Å². The van der Waals surface area contributed by atoms with E-state index in [0.29, 0.717) is 5.56 Å². The molecule has 16 heavy (non-hydrogen) atoms. The van der Waals surface area contributed by atoms with Gasteiger partial charge in [0.2, 0.25) is 0 Å². The van der Waals surface area contributed by atoms with Crippen molar-refractivity contribution < 1.29 is 0 Å². The fourth-order valence-electron chi connectivity index (χ4n) is 2.12. The van der Waals surface area contributed by atoms with Gasteiger partial charge in [0.05, 0.1) is 5.56 Å². The van der Waals surface area contributed by atoms with Crippen LogP contribution < -0.4 is 4.90 Å². The van der Waals surface area contributed by atoms with Gasteiger partial charge in [-0.15, -0.1) is 0 Å². The Balaban J connectivity index is 2.06. The van der Waals surface area contributed by atoms with E-state index < -0.39 is 0 Å². The van der Waals surface area contributed by atoms with Crippen molar-refractivity contribution in [3.63, 3.8) is 0 Å². The van der Waals surface area contributed by atoms with Crippen molar-refractivity contribution >= 4 is 5.82 Å². The molecule has 1 aliphatic rings. The van der Waals surface area contributed by atoms with Gasteiger partial charge in [-0.3, -0.25) is 0 Å². The second-order valence-corrected chi connectivity index (χ2v) is 4.27. The molecule has 1 aromatic heterocycles. The van der Waals surface area contributed by atoms with Crippen molar-refractivity contribution in [2.24, 2.45) is 0 Å². The standard InChI is InChI=1S/C13H17N3/c14-10-12-6-7-13(15-11-12)16-8-4-2-1-3-5-9-16/h6-7,11H,1-5,8-9H2. The number of aromatic nitrogens is 1. The fraction of sp³-hybridized carbons (Fsp3) is 0.538. The van der Waals surface area contributed by atoms with Crippen LogP contribution in [0.25, 0.3) is 0 Å². The molecule has 0 unspecified atom stereocenters. The normalized spacial score (nSPS) is 17.3. The Morgan fingerprint density at radius 2 is 1.75 bits per heavy atom. The van der Waals surface area contributed by atoms with Gasteiger partial charge in [-0.05, 0) is 25.0 Å². The highest BCUT2D eigenvalue weighted by atomic mass is 15.2. The van der Waals surface area contributed by atoms with Gasteiger partial charge in [0.1, 0.15) is 11.9 Å². The maximum Gasteiger partial charge on any atom is 0.128 e. The van der Waals surface area contributed by atoms with Crippen molar-refractivity contribution in [2.45, 2.75) is 32.1 Å². The molecule has 1 fully saturated rings. The third-order valence-electron chi connectivity index (χ3n) is 3.06. The Hall–Kier alpha value is -1.56. The molecule has 0 aliphatic carbocycles. The molecule has 0 saturated carbocycles. The minimum absolute atomic E-state index is 0.635. The first-order valence-corrected chi connectivity index (χ1v) is 6.01. The third kappa shape index (κ3) is 2.73. The second kappa shape index (κ2) is 5.50. The van der Waals surface area contributed by atoms with E-state index in [4.69, 9.17) is 5.26 Å². The molecule has 3 heteroatoms. The quantitative estimate of drug-likeness (QED) is 0.723. The summed E-state index contributed by atoms with van der Waals surface area (Å²) < 4.78 is 0. The van der Waals surface area contributed by atoms with E-state index in [1.54, 1.807) is 6.20 Å². The van der Waals surface area contributed by atoms with E-state index in [-0.39, 0.29) is 0 Å². The number of nitrogens with zero attached hydrogens (tertiary/aromatic N) is 3. The summed E-state index contributed by atoms with van der Waals surface area (Å²) in [5.41, 5.74) is 0.635. The van der Waals surface area contributed by atoms with Gasteiger partial charge in [0, 0.05) is 19.3 Å². The fourth-order valence-corrected chi connectivity index (χ4v) is 2.12. The van der Waals surface area contributed by atoms with Gasteiger partial charge in [-0.25, -0.2) is 4.98 Å². The van der Waals surface area contributed by atoms with E-state index in [1.165, 1.54) is 32.1 Å². The Labute approximate surface area is 96.7 Å². The van der Waals surface area contributed by atoms with Crippen LogP contribution in [0.3, 0.4) is 0 Å². The molecule has 2 rings (SSSR count). The van der Waals surface area contributed by atoms with E-state index >= 15 is 0 Å². The van der Waals surface area contributed by atoms with Crippen LogP contribution in [0.2, 0.25) is 0 Å². The Kier molecular flexibility index (Phi) is 3.76. The van der Waals surface area contributed by atoms with Crippen LogP contribution in [0.4, 0.5) is 5.82 Å². The van der Waals surface area contributed by atoms with Crippen molar-refractivity contribution in [1.29, 1.82) is 5.26 Å². The van der Waals surface area contributed by atoms with Gasteiger partial charge in [-0.2, -0.15) is 5.26 Å². The van der Waals surface area contributed by atoms with Crippen LogP contribution in [-0.2, 0) is 0 Å². The number of hydrogen-bond acceptors (Lipinski definition) is 3. The van der Waals surface area contributed by atoms with Crippen molar-refractivity contribution in [1.82, 2.24) is 4.98 Å². The number of pyridine rings is 1. The Bertz CT molecular complexity index is 356. The predicted molar refractivity (Wildman–Crippen MR) is 64.3 cm³/mol. The van der Waals surface area contributed by atoms with Gasteiger partial charge >= 0.3 is 0 Å². The van der Waals surface area contributed by atoms with E-state index in [0.717, 1.165) is 18.9 Å². The van der Waals surface area contributed by atoms with Gasteiger partial charge in [0.25, 0.3) is 0 Å². The molecule has 2 heterocycles. The zero-order chi connectivity index (χ0) is 11.2. The largest absolute Gasteiger partial charge is 0.357 e. The monoisotopic (exact) mass is 215 g/mol. The first-order chi connectivity index (χ1) is 7.90. The molecule has 0 N–H and O–H groups in total. The second-order valence-electron chi connectivity index (χ2n) is 4.27. The van der Waals surface area contributed by atoms with Crippen molar-refractivity contribution in [3.8, 4) is 6.07 Å². The molecule has 84 valence electrons. The maximum absolute atomic E-state index is 8.72. The van der Waals surface area contributed by atoms with Crippen LogP contribution in [0.5, 0.6) is 0 Å². The first kappa shape index (κ1) is 10.9. The zero-order valence-electron chi connectivity index (χ0n) is 9.52. The van der Waals surface area contributed by atoms with E-state index in [1.807, 2.05) is 12.1 Å². The summed E-state index contributed by atoms with van der Waals surface area (Å²) in [6.07, 6.45) is 8.19. The smallest absolute Gasteiger partial charge is 0.128 e. The van der Waals surface area contributed by atoms with E-state index in [2.05, 4.69) is 16.0 Å². The summed E-state index contributed by atoms with van der Waals surface area (Å²) >= 11 is 0. The molecule has 1 saturated heterocycles. The number of anilines is 1. The molecular formula is C13H17N3.